The van der Waals surface area contributed by atoms with Gasteiger partial charge >= 0.3 is 0 Å². The van der Waals surface area contributed by atoms with E-state index in [1.165, 1.54) is 5.56 Å². The molecule has 0 radical (unpaired) electrons. The average molecular weight is 305 g/mol. The highest BCUT2D eigenvalue weighted by Crippen LogP contribution is 2.19. The first-order valence-electron chi connectivity index (χ1n) is 7.94. The second kappa shape index (κ2) is 8.27. The molecular weight excluding hydrogens is 278 g/mol. The quantitative estimate of drug-likeness (QED) is 0.835. The van der Waals surface area contributed by atoms with Gasteiger partial charge in [-0.25, -0.2) is 0 Å². The summed E-state index contributed by atoms with van der Waals surface area (Å²) in [6.07, 6.45) is 2.72. The van der Waals surface area contributed by atoms with E-state index in [4.69, 9.17) is 10.5 Å². The molecule has 1 fully saturated rings. The van der Waals surface area contributed by atoms with Gasteiger partial charge in [0.25, 0.3) is 0 Å². The van der Waals surface area contributed by atoms with Gasteiger partial charge in [0.05, 0.1) is 6.04 Å². The number of amides is 1. The second-order valence-corrected chi connectivity index (χ2v) is 6.22. The van der Waals surface area contributed by atoms with Crippen molar-refractivity contribution in [1.82, 2.24) is 4.90 Å². The highest BCUT2D eigenvalue weighted by molar-refractivity contribution is 5.94. The maximum atomic E-state index is 12.2. The Hall–Kier alpha value is -1.43. The molecule has 3 N–H and O–H groups in total. The first-order chi connectivity index (χ1) is 10.6. The van der Waals surface area contributed by atoms with Gasteiger partial charge in [-0.1, -0.05) is 12.1 Å². The van der Waals surface area contributed by atoms with Crippen LogP contribution in [0, 0.1) is 5.92 Å². The summed E-state index contributed by atoms with van der Waals surface area (Å²) < 4.78 is 5.31. The Morgan fingerprint density at radius 2 is 1.95 bits per heavy atom. The van der Waals surface area contributed by atoms with Crippen molar-refractivity contribution < 1.29 is 9.53 Å². The average Bonchev–Trinajstić information content (AvgIpc) is 2.54. The fourth-order valence-corrected chi connectivity index (χ4v) is 2.62. The van der Waals surface area contributed by atoms with Crippen molar-refractivity contribution in [3.05, 3.63) is 29.8 Å². The summed E-state index contributed by atoms with van der Waals surface area (Å²) in [7, 11) is 4.12. The Balaban J connectivity index is 1.85. The highest BCUT2D eigenvalue weighted by Gasteiger charge is 2.26. The van der Waals surface area contributed by atoms with Crippen LogP contribution in [0.2, 0.25) is 0 Å². The lowest BCUT2D eigenvalue weighted by Crippen LogP contribution is -2.43. The molecule has 0 saturated carbocycles. The van der Waals surface area contributed by atoms with Crippen molar-refractivity contribution >= 4 is 11.6 Å². The first kappa shape index (κ1) is 16.9. The van der Waals surface area contributed by atoms with Crippen LogP contribution in [0.5, 0.6) is 0 Å². The molecule has 1 heterocycles. The Labute approximate surface area is 132 Å². The number of hydrogen-bond acceptors (Lipinski definition) is 4. The number of ether oxygens (including phenoxy) is 1. The summed E-state index contributed by atoms with van der Waals surface area (Å²) in [4.78, 5) is 14.4. The summed E-state index contributed by atoms with van der Waals surface area (Å²) in [5.74, 6) is 0.112. The van der Waals surface area contributed by atoms with E-state index >= 15 is 0 Å². The number of nitrogens with two attached hydrogens (primary N) is 1. The molecule has 0 aliphatic carbocycles. The zero-order valence-electron chi connectivity index (χ0n) is 13.5. The van der Waals surface area contributed by atoms with Crippen molar-refractivity contribution in [2.24, 2.45) is 11.7 Å². The topological polar surface area (TPSA) is 67.6 Å². The third-order valence-electron chi connectivity index (χ3n) is 4.15. The van der Waals surface area contributed by atoms with Crippen molar-refractivity contribution in [1.29, 1.82) is 0 Å². The Kier molecular flexibility index (Phi) is 6.36. The summed E-state index contributed by atoms with van der Waals surface area (Å²) in [5.41, 5.74) is 8.15. The lowest BCUT2D eigenvalue weighted by Gasteiger charge is -2.26. The SMILES string of the molecule is CN(C)CCc1ccc(NC(=O)C(N)C2CCOCC2)cc1. The molecular formula is C17H27N3O2. The number of benzene rings is 1. The van der Waals surface area contributed by atoms with E-state index in [0.29, 0.717) is 13.2 Å². The summed E-state index contributed by atoms with van der Waals surface area (Å²) >= 11 is 0. The van der Waals surface area contributed by atoms with Crippen LogP contribution in [-0.4, -0.2) is 50.7 Å². The normalized spacial score (nSPS) is 17.5. The van der Waals surface area contributed by atoms with E-state index in [2.05, 4.69) is 36.4 Å². The van der Waals surface area contributed by atoms with Gasteiger partial charge in [0, 0.05) is 25.4 Å². The first-order valence-corrected chi connectivity index (χ1v) is 7.94. The zero-order chi connectivity index (χ0) is 15.9. The maximum absolute atomic E-state index is 12.2. The molecule has 5 heteroatoms. The molecule has 1 atom stereocenters. The molecule has 22 heavy (non-hydrogen) atoms. The fraction of sp³-hybridized carbons (Fsp3) is 0.588. The fourth-order valence-electron chi connectivity index (χ4n) is 2.62. The highest BCUT2D eigenvalue weighted by atomic mass is 16.5. The van der Waals surface area contributed by atoms with Gasteiger partial charge in [-0.3, -0.25) is 4.79 Å². The Bertz CT molecular complexity index is 467. The van der Waals surface area contributed by atoms with Crippen LogP contribution in [0.15, 0.2) is 24.3 Å². The summed E-state index contributed by atoms with van der Waals surface area (Å²) in [6.45, 7) is 2.42. The van der Waals surface area contributed by atoms with E-state index in [1.54, 1.807) is 0 Å². The number of nitrogens with zero attached hydrogens (tertiary/aromatic N) is 1. The molecule has 0 spiro atoms. The summed E-state index contributed by atoms with van der Waals surface area (Å²) in [5, 5.41) is 2.92. The second-order valence-electron chi connectivity index (χ2n) is 6.22. The molecule has 122 valence electrons. The molecule has 1 amide bonds. The van der Waals surface area contributed by atoms with Crippen LogP contribution in [0.25, 0.3) is 0 Å². The predicted octanol–water partition coefficient (Wildman–Crippen LogP) is 1.48. The molecule has 1 aliphatic rings. The molecule has 1 aromatic rings. The van der Waals surface area contributed by atoms with E-state index < -0.39 is 6.04 Å². The lowest BCUT2D eigenvalue weighted by molar-refractivity contribution is -0.119. The van der Waals surface area contributed by atoms with Crippen LogP contribution >= 0.6 is 0 Å². The number of rotatable bonds is 6. The van der Waals surface area contributed by atoms with Crippen molar-refractivity contribution in [2.45, 2.75) is 25.3 Å². The van der Waals surface area contributed by atoms with Crippen LogP contribution < -0.4 is 11.1 Å². The van der Waals surface area contributed by atoms with E-state index in [1.807, 2.05) is 12.1 Å². The molecule has 1 saturated heterocycles. The third-order valence-corrected chi connectivity index (χ3v) is 4.15. The van der Waals surface area contributed by atoms with Gasteiger partial charge in [0.1, 0.15) is 0 Å². The monoisotopic (exact) mass is 305 g/mol. The Morgan fingerprint density at radius 1 is 1.32 bits per heavy atom. The summed E-state index contributed by atoms with van der Waals surface area (Å²) in [6, 6.07) is 7.54. The number of anilines is 1. The van der Waals surface area contributed by atoms with Crippen molar-refractivity contribution in [3.8, 4) is 0 Å². The number of likely N-dealkylation sites (N-methyl/N-ethyl adjacent to an activating group) is 1. The van der Waals surface area contributed by atoms with Crippen LogP contribution in [0.4, 0.5) is 5.69 Å². The number of nitrogens with one attached hydrogen (secondary N) is 1. The predicted molar refractivity (Wildman–Crippen MR) is 88.8 cm³/mol. The number of carbonyl (C=O) groups excluding carboxylic acids is 1. The molecule has 1 aromatic carbocycles. The van der Waals surface area contributed by atoms with Crippen molar-refractivity contribution in [3.63, 3.8) is 0 Å². The van der Waals surface area contributed by atoms with Crippen LogP contribution in [0.1, 0.15) is 18.4 Å². The molecule has 0 aromatic heterocycles. The minimum absolute atomic E-state index is 0.104. The van der Waals surface area contributed by atoms with E-state index in [0.717, 1.165) is 31.5 Å². The minimum Gasteiger partial charge on any atom is -0.381 e. The van der Waals surface area contributed by atoms with Gasteiger partial charge in [-0.2, -0.15) is 0 Å². The lowest BCUT2D eigenvalue weighted by atomic mass is 9.92. The molecule has 5 nitrogen and oxygen atoms in total. The van der Waals surface area contributed by atoms with E-state index in [-0.39, 0.29) is 11.8 Å². The van der Waals surface area contributed by atoms with Gasteiger partial charge in [0.15, 0.2) is 0 Å². The molecule has 0 bridgehead atoms. The third kappa shape index (κ3) is 5.09. The van der Waals surface area contributed by atoms with Gasteiger partial charge in [-0.05, 0) is 57.0 Å². The van der Waals surface area contributed by atoms with Crippen LogP contribution in [-0.2, 0) is 16.0 Å². The van der Waals surface area contributed by atoms with Gasteiger partial charge in [0.2, 0.25) is 5.91 Å². The standard InChI is InChI=1S/C17H27N3O2/c1-20(2)10-7-13-3-5-15(6-4-13)19-17(21)16(18)14-8-11-22-12-9-14/h3-6,14,16H,7-12,18H2,1-2H3,(H,19,21). The number of hydrogen-bond donors (Lipinski definition) is 2. The zero-order valence-corrected chi connectivity index (χ0v) is 13.5. The molecule has 2 rings (SSSR count). The maximum Gasteiger partial charge on any atom is 0.241 e. The molecule has 1 aliphatic heterocycles. The minimum atomic E-state index is -0.461. The van der Waals surface area contributed by atoms with Gasteiger partial charge < -0.3 is 20.7 Å². The molecule has 1 unspecified atom stereocenters. The van der Waals surface area contributed by atoms with Crippen molar-refractivity contribution in [2.75, 3.05) is 39.2 Å². The number of carbonyl (C=O) groups is 1. The largest absolute Gasteiger partial charge is 0.381 e. The van der Waals surface area contributed by atoms with E-state index in [9.17, 15) is 4.79 Å². The smallest absolute Gasteiger partial charge is 0.241 e. The Morgan fingerprint density at radius 3 is 2.55 bits per heavy atom. The van der Waals surface area contributed by atoms with Gasteiger partial charge in [-0.15, -0.1) is 0 Å². The van der Waals surface area contributed by atoms with Crippen LogP contribution in [0.3, 0.4) is 0 Å².